The Bertz CT molecular complexity index is 241. The molecular formula is C13H31NO2Si2. The summed E-state index contributed by atoms with van der Waals surface area (Å²) < 4.78 is 5.90. The SMILES string of the molecule is C[Si](C)(C)O[Si](C)(C)C.OC1CN2CCC1CC2. The number of hydrogen-bond donors (Lipinski definition) is 1. The summed E-state index contributed by atoms with van der Waals surface area (Å²) in [5, 5.41) is 9.36. The molecule has 1 unspecified atom stereocenters. The van der Waals surface area contributed by atoms with Crippen LogP contribution in [0.25, 0.3) is 0 Å². The van der Waals surface area contributed by atoms with Crippen molar-refractivity contribution < 1.29 is 9.22 Å². The minimum Gasteiger partial charge on any atom is -0.456 e. The van der Waals surface area contributed by atoms with Crippen LogP contribution in [0, 0.1) is 5.92 Å². The van der Waals surface area contributed by atoms with Crippen molar-refractivity contribution in [1.29, 1.82) is 0 Å². The maximum Gasteiger partial charge on any atom is 0.170 e. The van der Waals surface area contributed by atoms with Crippen molar-refractivity contribution in [2.75, 3.05) is 19.6 Å². The summed E-state index contributed by atoms with van der Waals surface area (Å²) in [7, 11) is -2.46. The van der Waals surface area contributed by atoms with Gasteiger partial charge < -0.3 is 14.1 Å². The van der Waals surface area contributed by atoms with Crippen LogP contribution < -0.4 is 0 Å². The molecule has 0 radical (unpaired) electrons. The monoisotopic (exact) mass is 289 g/mol. The molecule has 2 bridgehead atoms. The number of aliphatic hydroxyl groups excluding tert-OH is 1. The van der Waals surface area contributed by atoms with Crippen molar-refractivity contribution in [1.82, 2.24) is 4.90 Å². The van der Waals surface area contributed by atoms with Gasteiger partial charge in [0, 0.05) is 6.54 Å². The number of aliphatic hydroxyl groups is 1. The second-order valence-corrected chi connectivity index (χ2v) is 16.8. The van der Waals surface area contributed by atoms with Gasteiger partial charge in [0.15, 0.2) is 16.6 Å². The first-order valence-corrected chi connectivity index (χ1v) is 14.0. The second kappa shape index (κ2) is 6.18. The lowest BCUT2D eigenvalue weighted by Crippen LogP contribution is -2.50. The topological polar surface area (TPSA) is 32.7 Å². The highest BCUT2D eigenvalue weighted by Crippen LogP contribution is 2.26. The normalized spacial score (nSPS) is 31.8. The molecule has 0 aromatic rings. The number of fused-ring (bicyclic) bond motifs is 3. The van der Waals surface area contributed by atoms with Gasteiger partial charge in [-0.25, -0.2) is 0 Å². The molecule has 0 amide bonds. The fraction of sp³-hybridized carbons (Fsp3) is 1.00. The minimum absolute atomic E-state index is 0.00694. The first-order chi connectivity index (χ1) is 8.07. The van der Waals surface area contributed by atoms with Crippen molar-refractivity contribution in [2.45, 2.75) is 58.2 Å². The molecule has 0 spiro atoms. The molecule has 1 atom stereocenters. The molecule has 108 valence electrons. The van der Waals surface area contributed by atoms with Gasteiger partial charge in [-0.15, -0.1) is 0 Å². The van der Waals surface area contributed by atoms with Gasteiger partial charge in [0.2, 0.25) is 0 Å². The van der Waals surface area contributed by atoms with Gasteiger partial charge in [0.1, 0.15) is 0 Å². The lowest BCUT2D eigenvalue weighted by molar-refractivity contribution is -0.0227. The molecule has 3 rings (SSSR count). The lowest BCUT2D eigenvalue weighted by atomic mass is 9.86. The molecule has 1 N–H and O–H groups in total. The number of nitrogens with zero attached hydrogens (tertiary/aromatic N) is 1. The summed E-state index contributed by atoms with van der Waals surface area (Å²) in [6.07, 6.45) is 2.44. The largest absolute Gasteiger partial charge is 0.456 e. The van der Waals surface area contributed by atoms with Crippen molar-refractivity contribution >= 4 is 16.6 Å². The van der Waals surface area contributed by atoms with Crippen LogP contribution in [0.2, 0.25) is 39.3 Å². The zero-order valence-electron chi connectivity index (χ0n) is 13.0. The number of piperidine rings is 3. The van der Waals surface area contributed by atoms with E-state index in [2.05, 4.69) is 44.2 Å². The van der Waals surface area contributed by atoms with E-state index in [9.17, 15) is 5.11 Å². The molecule has 0 aliphatic carbocycles. The molecule has 3 saturated heterocycles. The van der Waals surface area contributed by atoms with Crippen LogP contribution in [-0.2, 0) is 4.12 Å². The first kappa shape index (κ1) is 16.4. The van der Waals surface area contributed by atoms with Crippen LogP contribution in [0.1, 0.15) is 12.8 Å². The molecule has 0 saturated carbocycles. The summed E-state index contributed by atoms with van der Waals surface area (Å²) in [5.74, 6) is 0.634. The number of rotatable bonds is 2. The molecule has 0 aromatic carbocycles. The van der Waals surface area contributed by atoms with Crippen LogP contribution in [0.15, 0.2) is 0 Å². The summed E-state index contributed by atoms with van der Waals surface area (Å²) >= 11 is 0. The Labute approximate surface area is 115 Å². The van der Waals surface area contributed by atoms with Gasteiger partial charge in [-0.3, -0.25) is 0 Å². The van der Waals surface area contributed by atoms with Gasteiger partial charge in [0.25, 0.3) is 0 Å². The van der Waals surface area contributed by atoms with E-state index in [0.29, 0.717) is 5.92 Å². The molecule has 3 aliphatic heterocycles. The van der Waals surface area contributed by atoms with E-state index in [-0.39, 0.29) is 6.10 Å². The fourth-order valence-electron chi connectivity index (χ4n) is 2.85. The Morgan fingerprint density at radius 1 is 0.944 bits per heavy atom. The van der Waals surface area contributed by atoms with E-state index in [4.69, 9.17) is 4.12 Å². The predicted molar refractivity (Wildman–Crippen MR) is 82.9 cm³/mol. The van der Waals surface area contributed by atoms with Gasteiger partial charge >= 0.3 is 0 Å². The maximum absolute atomic E-state index is 9.36. The van der Waals surface area contributed by atoms with Crippen molar-refractivity contribution in [2.24, 2.45) is 5.92 Å². The molecule has 3 fully saturated rings. The average molecular weight is 290 g/mol. The average Bonchev–Trinajstić information content (AvgIpc) is 2.13. The summed E-state index contributed by atoms with van der Waals surface area (Å²) in [6.45, 7) is 16.8. The molecule has 18 heavy (non-hydrogen) atoms. The molecule has 3 aliphatic rings. The zero-order valence-corrected chi connectivity index (χ0v) is 15.0. The molecular weight excluding hydrogens is 258 g/mol. The Balaban J connectivity index is 0.000000180. The highest BCUT2D eigenvalue weighted by Gasteiger charge is 2.32. The van der Waals surface area contributed by atoms with Crippen molar-refractivity contribution in [3.05, 3.63) is 0 Å². The molecule has 3 heterocycles. The van der Waals surface area contributed by atoms with Gasteiger partial charge in [0.05, 0.1) is 6.10 Å². The quantitative estimate of drug-likeness (QED) is 0.794. The van der Waals surface area contributed by atoms with Gasteiger partial charge in [-0.05, 0) is 71.1 Å². The van der Waals surface area contributed by atoms with E-state index < -0.39 is 16.6 Å². The summed E-state index contributed by atoms with van der Waals surface area (Å²) in [4.78, 5) is 2.35. The smallest absolute Gasteiger partial charge is 0.170 e. The Kier molecular flexibility index (Phi) is 5.62. The van der Waals surface area contributed by atoms with Crippen LogP contribution in [-0.4, -0.2) is 52.4 Å². The molecule has 3 nitrogen and oxygen atoms in total. The van der Waals surface area contributed by atoms with E-state index >= 15 is 0 Å². The van der Waals surface area contributed by atoms with E-state index in [1.54, 1.807) is 0 Å². The van der Waals surface area contributed by atoms with Crippen LogP contribution in [0.4, 0.5) is 0 Å². The molecule has 5 heteroatoms. The number of hydrogen-bond acceptors (Lipinski definition) is 3. The third kappa shape index (κ3) is 6.47. The Hall–Kier alpha value is 0.314. The third-order valence-electron chi connectivity index (χ3n) is 3.23. The first-order valence-electron chi connectivity index (χ1n) is 7.17. The van der Waals surface area contributed by atoms with Crippen molar-refractivity contribution in [3.8, 4) is 0 Å². The molecule has 0 aromatic heterocycles. The van der Waals surface area contributed by atoms with E-state index in [0.717, 1.165) is 6.54 Å². The highest BCUT2D eigenvalue weighted by atomic mass is 28.4. The van der Waals surface area contributed by atoms with E-state index in [1.807, 2.05) is 0 Å². The maximum atomic E-state index is 9.36. The Morgan fingerprint density at radius 3 is 1.50 bits per heavy atom. The van der Waals surface area contributed by atoms with E-state index in [1.165, 1.54) is 25.9 Å². The van der Waals surface area contributed by atoms with Gasteiger partial charge in [-0.1, -0.05) is 0 Å². The second-order valence-electron chi connectivity index (χ2n) is 7.53. The Morgan fingerprint density at radius 2 is 1.39 bits per heavy atom. The summed E-state index contributed by atoms with van der Waals surface area (Å²) in [6, 6.07) is 0. The third-order valence-corrected chi connectivity index (χ3v) is 8.13. The lowest BCUT2D eigenvalue weighted by Gasteiger charge is -2.42. The highest BCUT2D eigenvalue weighted by molar-refractivity contribution is 6.83. The van der Waals surface area contributed by atoms with Crippen LogP contribution in [0.5, 0.6) is 0 Å². The summed E-state index contributed by atoms with van der Waals surface area (Å²) in [5.41, 5.74) is 0. The zero-order chi connectivity index (χ0) is 14.0. The standard InChI is InChI=1S/C7H13NO.C6H18OSi2/c9-7-5-8-3-1-6(7)2-4-8;1-8(2,3)7-9(4,5)6/h6-7,9H,1-5H2;1-6H3. The van der Waals surface area contributed by atoms with Crippen molar-refractivity contribution in [3.63, 3.8) is 0 Å². The van der Waals surface area contributed by atoms with Crippen LogP contribution in [0.3, 0.4) is 0 Å². The fourth-order valence-corrected chi connectivity index (χ4v) is 10.2. The van der Waals surface area contributed by atoms with Crippen LogP contribution >= 0.6 is 0 Å². The van der Waals surface area contributed by atoms with Gasteiger partial charge in [-0.2, -0.15) is 0 Å². The minimum atomic E-state index is -1.23. The predicted octanol–water partition coefficient (Wildman–Crippen LogP) is 2.75.